The topological polar surface area (TPSA) is 53.1 Å². The smallest absolute Gasteiger partial charge is 0.188 e. The van der Waals surface area contributed by atoms with Crippen molar-refractivity contribution < 1.29 is 0 Å². The van der Waals surface area contributed by atoms with Gasteiger partial charge in [0.1, 0.15) is 0 Å². The van der Waals surface area contributed by atoms with Gasteiger partial charge in [0.2, 0.25) is 0 Å². The molecule has 11 heavy (non-hydrogen) atoms. The van der Waals surface area contributed by atoms with Crippen LogP contribution in [0.4, 0.5) is 0 Å². The monoisotopic (exact) mass is 153 g/mol. The zero-order chi connectivity index (χ0) is 7.84. The maximum Gasteiger partial charge on any atom is 0.188 e. The zero-order valence-electron chi connectivity index (χ0n) is 6.71. The van der Waals surface area contributed by atoms with E-state index in [-0.39, 0.29) is 5.96 Å². The number of hydrogen-bond donors (Lipinski definition) is 2. The number of guanidine groups is 1. The van der Waals surface area contributed by atoms with Crippen LogP contribution in [0.3, 0.4) is 0 Å². The first-order valence-corrected chi connectivity index (χ1v) is 4.39. The minimum absolute atomic E-state index is 0.277. The number of fused-ring (bicyclic) bond motifs is 1. The lowest BCUT2D eigenvalue weighted by Gasteiger charge is -2.23. The van der Waals surface area contributed by atoms with Crippen molar-refractivity contribution in [2.24, 2.45) is 11.7 Å². The van der Waals surface area contributed by atoms with Crippen molar-refractivity contribution in [1.82, 2.24) is 4.90 Å². The van der Waals surface area contributed by atoms with Crippen LogP contribution >= 0.6 is 0 Å². The van der Waals surface area contributed by atoms with Crippen molar-refractivity contribution in [2.45, 2.75) is 31.7 Å². The second-order valence-electron chi connectivity index (χ2n) is 3.63. The molecule has 2 unspecified atom stereocenters. The van der Waals surface area contributed by atoms with E-state index < -0.39 is 0 Å². The van der Waals surface area contributed by atoms with Gasteiger partial charge in [0.25, 0.3) is 0 Å². The molecule has 0 radical (unpaired) electrons. The van der Waals surface area contributed by atoms with Crippen molar-refractivity contribution in [3.05, 3.63) is 0 Å². The van der Waals surface area contributed by atoms with Crippen molar-refractivity contribution in [1.29, 1.82) is 5.41 Å². The van der Waals surface area contributed by atoms with Gasteiger partial charge < -0.3 is 10.6 Å². The number of hydrogen-bond acceptors (Lipinski definition) is 1. The summed E-state index contributed by atoms with van der Waals surface area (Å²) in [4.78, 5) is 2.07. The Balaban J connectivity index is 2.08. The second kappa shape index (κ2) is 2.40. The van der Waals surface area contributed by atoms with Crippen LogP contribution in [0.15, 0.2) is 0 Å². The fourth-order valence-electron chi connectivity index (χ4n) is 2.53. The molecule has 2 atom stereocenters. The van der Waals surface area contributed by atoms with Crippen LogP contribution < -0.4 is 5.73 Å². The highest BCUT2D eigenvalue weighted by Crippen LogP contribution is 2.37. The molecule has 0 aromatic heterocycles. The van der Waals surface area contributed by atoms with Crippen LogP contribution in [0.1, 0.15) is 25.7 Å². The Morgan fingerprint density at radius 2 is 2.18 bits per heavy atom. The summed E-state index contributed by atoms with van der Waals surface area (Å²) < 4.78 is 0. The summed E-state index contributed by atoms with van der Waals surface area (Å²) in [5.41, 5.74) is 5.46. The van der Waals surface area contributed by atoms with E-state index in [0.29, 0.717) is 6.04 Å². The molecule has 3 N–H and O–H groups in total. The summed E-state index contributed by atoms with van der Waals surface area (Å²) in [6.07, 6.45) is 5.20. The lowest BCUT2D eigenvalue weighted by molar-refractivity contribution is 0.359. The van der Waals surface area contributed by atoms with Gasteiger partial charge in [-0.1, -0.05) is 6.42 Å². The summed E-state index contributed by atoms with van der Waals surface area (Å²) in [6, 6.07) is 0.618. The molecule has 1 aliphatic carbocycles. The average Bonchev–Trinajstić information content (AvgIpc) is 2.41. The number of nitrogens with one attached hydrogen (secondary N) is 1. The van der Waals surface area contributed by atoms with E-state index in [9.17, 15) is 0 Å². The van der Waals surface area contributed by atoms with E-state index in [0.717, 1.165) is 12.5 Å². The van der Waals surface area contributed by atoms with Crippen LogP contribution in [0, 0.1) is 11.3 Å². The number of nitrogens with zero attached hydrogens (tertiary/aromatic N) is 1. The quantitative estimate of drug-likeness (QED) is 0.398. The summed E-state index contributed by atoms with van der Waals surface area (Å²) in [7, 11) is 0. The van der Waals surface area contributed by atoms with Crippen molar-refractivity contribution in [2.75, 3.05) is 6.54 Å². The molecule has 2 aliphatic rings. The van der Waals surface area contributed by atoms with Crippen molar-refractivity contribution in [3.8, 4) is 0 Å². The Bertz CT molecular complexity index is 178. The lowest BCUT2D eigenvalue weighted by Crippen LogP contribution is -2.40. The molecule has 0 aromatic carbocycles. The van der Waals surface area contributed by atoms with Gasteiger partial charge in [0.05, 0.1) is 0 Å². The second-order valence-corrected chi connectivity index (χ2v) is 3.63. The molecule has 1 heterocycles. The average molecular weight is 153 g/mol. The fraction of sp³-hybridized carbons (Fsp3) is 0.875. The third-order valence-corrected chi connectivity index (χ3v) is 3.07. The molecule has 1 saturated heterocycles. The van der Waals surface area contributed by atoms with E-state index in [1.165, 1.54) is 25.7 Å². The van der Waals surface area contributed by atoms with Gasteiger partial charge >= 0.3 is 0 Å². The SMILES string of the molecule is N=C(N)N1CCC2CCCC21. The molecule has 0 spiro atoms. The van der Waals surface area contributed by atoms with E-state index in [1.54, 1.807) is 0 Å². The van der Waals surface area contributed by atoms with E-state index in [2.05, 4.69) is 4.90 Å². The highest BCUT2D eigenvalue weighted by atomic mass is 15.3. The Hall–Kier alpha value is -0.730. The minimum Gasteiger partial charge on any atom is -0.370 e. The van der Waals surface area contributed by atoms with E-state index in [4.69, 9.17) is 11.1 Å². The number of likely N-dealkylation sites (tertiary alicyclic amines) is 1. The molecular formula is C8H15N3. The molecule has 3 heteroatoms. The van der Waals surface area contributed by atoms with Gasteiger partial charge in [0.15, 0.2) is 5.96 Å². The Kier molecular flexibility index (Phi) is 1.51. The molecule has 0 bridgehead atoms. The summed E-state index contributed by atoms with van der Waals surface area (Å²) in [6.45, 7) is 1.02. The molecule has 1 saturated carbocycles. The number of rotatable bonds is 0. The third-order valence-electron chi connectivity index (χ3n) is 3.07. The lowest BCUT2D eigenvalue weighted by atomic mass is 10.1. The molecule has 0 aromatic rings. The summed E-state index contributed by atoms with van der Waals surface area (Å²) in [5.74, 6) is 1.12. The van der Waals surface area contributed by atoms with Crippen molar-refractivity contribution in [3.63, 3.8) is 0 Å². The van der Waals surface area contributed by atoms with Gasteiger partial charge in [0, 0.05) is 12.6 Å². The molecule has 2 rings (SSSR count). The normalized spacial score (nSPS) is 35.8. The van der Waals surface area contributed by atoms with Crippen molar-refractivity contribution >= 4 is 5.96 Å². The largest absolute Gasteiger partial charge is 0.370 e. The van der Waals surface area contributed by atoms with Crippen LogP contribution in [-0.2, 0) is 0 Å². The fourth-order valence-corrected chi connectivity index (χ4v) is 2.53. The van der Waals surface area contributed by atoms with E-state index >= 15 is 0 Å². The highest BCUT2D eigenvalue weighted by Gasteiger charge is 2.37. The van der Waals surface area contributed by atoms with Gasteiger partial charge in [-0.15, -0.1) is 0 Å². The minimum atomic E-state index is 0.277. The van der Waals surface area contributed by atoms with Gasteiger partial charge in [-0.05, 0) is 25.2 Å². The molecule has 2 fully saturated rings. The molecule has 0 amide bonds. The van der Waals surface area contributed by atoms with Crippen LogP contribution in [0.2, 0.25) is 0 Å². The van der Waals surface area contributed by atoms with Crippen LogP contribution in [-0.4, -0.2) is 23.4 Å². The highest BCUT2D eigenvalue weighted by molar-refractivity contribution is 5.75. The molecular weight excluding hydrogens is 138 g/mol. The number of nitrogens with two attached hydrogens (primary N) is 1. The molecule has 1 aliphatic heterocycles. The first-order chi connectivity index (χ1) is 5.29. The molecule has 62 valence electrons. The first kappa shape index (κ1) is 6.95. The predicted octanol–water partition coefficient (Wildman–Crippen LogP) is 0.754. The third kappa shape index (κ3) is 0.988. The Morgan fingerprint density at radius 1 is 1.36 bits per heavy atom. The Labute approximate surface area is 67.1 Å². The van der Waals surface area contributed by atoms with E-state index in [1.807, 2.05) is 0 Å². The summed E-state index contributed by atoms with van der Waals surface area (Å²) >= 11 is 0. The summed E-state index contributed by atoms with van der Waals surface area (Å²) in [5, 5.41) is 7.35. The first-order valence-electron chi connectivity index (χ1n) is 4.39. The standard InChI is InChI=1S/C8H15N3/c9-8(10)11-5-4-6-2-1-3-7(6)11/h6-7H,1-5H2,(H3,9,10). The van der Waals surface area contributed by atoms with Crippen LogP contribution in [0.5, 0.6) is 0 Å². The van der Waals surface area contributed by atoms with Crippen LogP contribution in [0.25, 0.3) is 0 Å². The predicted molar refractivity (Wildman–Crippen MR) is 44.4 cm³/mol. The van der Waals surface area contributed by atoms with Gasteiger partial charge in [-0.25, -0.2) is 0 Å². The van der Waals surface area contributed by atoms with Gasteiger partial charge in [-0.2, -0.15) is 0 Å². The maximum absolute atomic E-state index is 7.35. The maximum atomic E-state index is 7.35. The van der Waals surface area contributed by atoms with Gasteiger partial charge in [-0.3, -0.25) is 5.41 Å². The Morgan fingerprint density at radius 3 is 2.91 bits per heavy atom. The molecule has 3 nitrogen and oxygen atoms in total. The zero-order valence-corrected chi connectivity index (χ0v) is 6.71.